The zero-order chi connectivity index (χ0) is 24.0. The topological polar surface area (TPSA) is 95.3 Å². The van der Waals surface area contributed by atoms with Crippen molar-refractivity contribution >= 4 is 12.1 Å². The first-order valence-electron chi connectivity index (χ1n) is 10.5. The van der Waals surface area contributed by atoms with Gasteiger partial charge in [0.25, 0.3) is 0 Å². The number of benzene rings is 1. The van der Waals surface area contributed by atoms with Crippen LogP contribution >= 0.6 is 0 Å². The molecular weight excluding hydrogens is 427 g/mol. The van der Waals surface area contributed by atoms with Crippen LogP contribution in [0.25, 0.3) is 22.6 Å². The molecular formula is C24H27FN4O4. The van der Waals surface area contributed by atoms with Crippen LogP contribution in [0.2, 0.25) is 0 Å². The Kier molecular flexibility index (Phi) is 7.42. The molecule has 1 amide bonds. The lowest BCUT2D eigenvalue weighted by Crippen LogP contribution is -2.32. The molecule has 2 heterocycles. The van der Waals surface area contributed by atoms with Gasteiger partial charge < -0.3 is 19.4 Å². The fourth-order valence-electron chi connectivity index (χ4n) is 3.12. The van der Waals surface area contributed by atoms with Gasteiger partial charge in [0, 0.05) is 41.8 Å². The van der Waals surface area contributed by atoms with E-state index in [1.807, 2.05) is 0 Å². The molecule has 0 radical (unpaired) electrons. The second-order valence-electron chi connectivity index (χ2n) is 8.27. The Labute approximate surface area is 191 Å². The van der Waals surface area contributed by atoms with Crippen LogP contribution in [-0.2, 0) is 27.4 Å². The Bertz CT molecular complexity index is 1120. The van der Waals surface area contributed by atoms with Crippen LogP contribution in [0.4, 0.5) is 9.18 Å². The number of halogens is 1. The molecule has 0 saturated carbocycles. The van der Waals surface area contributed by atoms with Gasteiger partial charge in [-0.2, -0.15) is 0 Å². The van der Waals surface area contributed by atoms with E-state index in [0.29, 0.717) is 28.2 Å². The molecule has 1 aromatic carbocycles. The van der Waals surface area contributed by atoms with Crippen LogP contribution in [0, 0.1) is 5.82 Å². The molecule has 0 aliphatic rings. The minimum Gasteiger partial charge on any atom is -0.465 e. The van der Waals surface area contributed by atoms with E-state index in [4.69, 9.17) is 9.47 Å². The highest BCUT2D eigenvalue weighted by Crippen LogP contribution is 2.27. The molecule has 2 aromatic heterocycles. The zero-order valence-electron chi connectivity index (χ0n) is 19.1. The number of aromatic nitrogens is 3. The third kappa shape index (κ3) is 6.61. The van der Waals surface area contributed by atoms with Crippen LogP contribution < -0.4 is 5.32 Å². The number of hydrogen-bond donors (Lipinski definition) is 1. The summed E-state index contributed by atoms with van der Waals surface area (Å²) in [6, 6.07) is 7.77. The molecule has 3 aromatic rings. The molecule has 0 bridgehead atoms. The molecule has 174 valence electrons. The highest BCUT2D eigenvalue weighted by atomic mass is 19.1. The number of imidazole rings is 1. The number of hydrogen-bond acceptors (Lipinski definition) is 6. The van der Waals surface area contributed by atoms with Gasteiger partial charge in [-0.3, -0.25) is 9.78 Å². The first-order valence-corrected chi connectivity index (χ1v) is 10.5. The summed E-state index contributed by atoms with van der Waals surface area (Å²) in [4.78, 5) is 33.1. The van der Waals surface area contributed by atoms with E-state index in [1.54, 1.807) is 69.1 Å². The van der Waals surface area contributed by atoms with Crippen molar-refractivity contribution in [2.24, 2.45) is 0 Å². The standard InChI is InChI=1S/C24H27FN4O4/c1-5-32-21(30)15-29-11-10-26-22(29)19-12-20(16-6-8-18(25)9-7-16)27-13-17(19)14-28-23(31)33-24(2,3)4/h6-13H,5,14-15H2,1-4H3,(H,28,31). The number of pyridine rings is 1. The van der Waals surface area contributed by atoms with E-state index < -0.39 is 17.7 Å². The lowest BCUT2D eigenvalue weighted by Gasteiger charge is -2.20. The van der Waals surface area contributed by atoms with Crippen molar-refractivity contribution in [3.63, 3.8) is 0 Å². The molecule has 0 atom stereocenters. The van der Waals surface area contributed by atoms with Crippen molar-refractivity contribution in [1.29, 1.82) is 0 Å². The normalized spacial score (nSPS) is 11.2. The van der Waals surface area contributed by atoms with E-state index >= 15 is 0 Å². The molecule has 0 spiro atoms. The summed E-state index contributed by atoms with van der Waals surface area (Å²) >= 11 is 0. The fraction of sp³-hybridized carbons (Fsp3) is 0.333. The summed E-state index contributed by atoms with van der Waals surface area (Å²) in [6.45, 7) is 7.47. The maximum atomic E-state index is 13.4. The Hall–Kier alpha value is -3.75. The van der Waals surface area contributed by atoms with Crippen LogP contribution in [0.15, 0.2) is 48.9 Å². The zero-order valence-corrected chi connectivity index (χ0v) is 19.1. The number of amides is 1. The number of esters is 1. The average Bonchev–Trinajstić information content (AvgIpc) is 3.19. The van der Waals surface area contributed by atoms with E-state index in [2.05, 4.69) is 15.3 Å². The monoisotopic (exact) mass is 454 g/mol. The van der Waals surface area contributed by atoms with E-state index in [-0.39, 0.29) is 25.5 Å². The molecule has 3 rings (SSSR count). The van der Waals surface area contributed by atoms with Crippen molar-refractivity contribution in [2.75, 3.05) is 6.61 Å². The summed E-state index contributed by atoms with van der Waals surface area (Å²) in [5.41, 5.74) is 2.01. The lowest BCUT2D eigenvalue weighted by atomic mass is 10.0. The van der Waals surface area contributed by atoms with Crippen molar-refractivity contribution in [3.05, 3.63) is 60.3 Å². The van der Waals surface area contributed by atoms with Crippen LogP contribution in [0.5, 0.6) is 0 Å². The fourth-order valence-corrected chi connectivity index (χ4v) is 3.12. The molecule has 9 heteroatoms. The van der Waals surface area contributed by atoms with Gasteiger partial charge in [-0.15, -0.1) is 0 Å². The van der Waals surface area contributed by atoms with Gasteiger partial charge in [0.15, 0.2) is 0 Å². The number of nitrogens with one attached hydrogen (secondary N) is 1. The molecule has 1 N–H and O–H groups in total. The Morgan fingerprint density at radius 3 is 2.55 bits per heavy atom. The molecule has 0 saturated heterocycles. The number of alkyl carbamates (subject to hydrolysis) is 1. The number of carbonyl (C=O) groups is 2. The van der Waals surface area contributed by atoms with Crippen LogP contribution in [-0.4, -0.2) is 38.8 Å². The van der Waals surface area contributed by atoms with Gasteiger partial charge in [0.2, 0.25) is 0 Å². The number of carbonyl (C=O) groups excluding carboxylic acids is 2. The van der Waals surface area contributed by atoms with Gasteiger partial charge in [-0.1, -0.05) is 0 Å². The van der Waals surface area contributed by atoms with Crippen LogP contribution in [0.3, 0.4) is 0 Å². The summed E-state index contributed by atoms with van der Waals surface area (Å²) in [5, 5.41) is 2.73. The first kappa shape index (κ1) is 23.9. The number of ether oxygens (including phenoxy) is 2. The Morgan fingerprint density at radius 1 is 1.15 bits per heavy atom. The second kappa shape index (κ2) is 10.2. The first-order chi connectivity index (χ1) is 15.7. The maximum Gasteiger partial charge on any atom is 0.407 e. The molecule has 8 nitrogen and oxygen atoms in total. The minimum absolute atomic E-state index is 0.0175. The number of rotatable bonds is 7. The van der Waals surface area contributed by atoms with Gasteiger partial charge >= 0.3 is 12.1 Å². The number of nitrogens with zero attached hydrogens (tertiary/aromatic N) is 3. The summed E-state index contributed by atoms with van der Waals surface area (Å²) in [7, 11) is 0. The predicted octanol–water partition coefficient (Wildman–Crippen LogP) is 4.34. The van der Waals surface area contributed by atoms with Crippen molar-refractivity contribution in [2.45, 2.75) is 46.4 Å². The van der Waals surface area contributed by atoms with Crippen molar-refractivity contribution in [1.82, 2.24) is 19.9 Å². The molecule has 0 unspecified atom stereocenters. The van der Waals surface area contributed by atoms with E-state index in [0.717, 1.165) is 0 Å². The van der Waals surface area contributed by atoms with Crippen molar-refractivity contribution in [3.8, 4) is 22.6 Å². The van der Waals surface area contributed by atoms with Gasteiger partial charge in [-0.25, -0.2) is 14.2 Å². The third-order valence-electron chi connectivity index (χ3n) is 4.51. The highest BCUT2D eigenvalue weighted by Gasteiger charge is 2.19. The van der Waals surface area contributed by atoms with Gasteiger partial charge in [0.1, 0.15) is 23.8 Å². The SMILES string of the molecule is CCOC(=O)Cn1ccnc1-c1cc(-c2ccc(F)cc2)ncc1CNC(=O)OC(C)(C)C. The summed E-state index contributed by atoms with van der Waals surface area (Å²) in [5.74, 6) is -0.227. The Balaban J connectivity index is 1.97. The predicted molar refractivity (Wildman–Crippen MR) is 121 cm³/mol. The van der Waals surface area contributed by atoms with Crippen molar-refractivity contribution < 1.29 is 23.5 Å². The smallest absolute Gasteiger partial charge is 0.407 e. The quantitative estimate of drug-likeness (QED) is 0.534. The average molecular weight is 455 g/mol. The van der Waals surface area contributed by atoms with Crippen LogP contribution in [0.1, 0.15) is 33.3 Å². The Morgan fingerprint density at radius 2 is 1.88 bits per heavy atom. The molecule has 0 fully saturated rings. The summed E-state index contributed by atoms with van der Waals surface area (Å²) in [6.07, 6.45) is 4.31. The molecule has 0 aliphatic heterocycles. The maximum absolute atomic E-state index is 13.4. The molecule has 0 aliphatic carbocycles. The minimum atomic E-state index is -0.631. The summed E-state index contributed by atoms with van der Waals surface area (Å²) < 4.78 is 25.4. The lowest BCUT2D eigenvalue weighted by molar-refractivity contribution is -0.143. The van der Waals surface area contributed by atoms with E-state index in [9.17, 15) is 14.0 Å². The van der Waals surface area contributed by atoms with Gasteiger partial charge in [0.05, 0.1) is 12.3 Å². The largest absolute Gasteiger partial charge is 0.465 e. The molecule has 33 heavy (non-hydrogen) atoms. The highest BCUT2D eigenvalue weighted by molar-refractivity contribution is 5.73. The third-order valence-corrected chi connectivity index (χ3v) is 4.51. The second-order valence-corrected chi connectivity index (χ2v) is 8.27. The van der Waals surface area contributed by atoms with E-state index in [1.165, 1.54) is 12.1 Å². The van der Waals surface area contributed by atoms with Gasteiger partial charge in [-0.05, 0) is 58.0 Å².